The minimum absolute atomic E-state index is 0. The number of halogens is 1. The van der Waals surface area contributed by atoms with E-state index in [1.807, 2.05) is 0 Å². The number of hydrogen-bond donors (Lipinski definition) is 0. The molecule has 0 bridgehead atoms. The van der Waals surface area contributed by atoms with E-state index in [4.69, 9.17) is 16.3 Å². The van der Waals surface area contributed by atoms with E-state index in [0.717, 1.165) is 0 Å². The third-order valence-corrected chi connectivity index (χ3v) is 2.59. The molecule has 0 fully saturated rings. The van der Waals surface area contributed by atoms with Crippen molar-refractivity contribution in [1.29, 1.82) is 0 Å². The van der Waals surface area contributed by atoms with Crippen LogP contribution in [-0.4, -0.2) is 21.3 Å². The summed E-state index contributed by atoms with van der Waals surface area (Å²) in [6.07, 6.45) is -0.258. The molecule has 1 aromatic carbocycles. The Morgan fingerprint density at radius 1 is 1.39 bits per heavy atom. The van der Waals surface area contributed by atoms with Gasteiger partial charge in [0.25, 0.3) is 0 Å². The summed E-state index contributed by atoms with van der Waals surface area (Å²) >= 11 is 3.37. The van der Waals surface area contributed by atoms with Crippen molar-refractivity contribution in [2.45, 2.75) is 11.3 Å². The molecule has 0 aliphatic rings. The minimum Gasteiger partial charge on any atom is -0.768 e. The fourth-order valence-corrected chi connectivity index (χ4v) is 1.64. The van der Waals surface area contributed by atoms with Gasteiger partial charge in [0.2, 0.25) is 0 Å². The van der Waals surface area contributed by atoms with Crippen LogP contribution in [0.3, 0.4) is 0 Å². The van der Waals surface area contributed by atoms with E-state index in [9.17, 15) is 18.7 Å². The smallest absolute Gasteiger partial charge is 0.768 e. The third kappa shape index (κ3) is 7.47. The molecule has 0 heterocycles. The van der Waals surface area contributed by atoms with Crippen LogP contribution in [0.4, 0.5) is 0 Å². The summed E-state index contributed by atoms with van der Waals surface area (Å²) in [4.78, 5) is 10.2. The van der Waals surface area contributed by atoms with Crippen molar-refractivity contribution >= 4 is 28.7 Å². The zero-order valence-electron chi connectivity index (χ0n) is 9.97. The molecular weight excluding hydrogens is 302 g/mol. The fourth-order valence-electron chi connectivity index (χ4n) is 0.947. The Morgan fingerprint density at radius 3 is 2.44 bits per heavy atom. The molecule has 18 heavy (non-hydrogen) atoms. The Labute approximate surface area is 156 Å². The van der Waals surface area contributed by atoms with Crippen molar-refractivity contribution < 1.29 is 82.5 Å². The second-order valence-corrected chi connectivity index (χ2v) is 4.15. The van der Waals surface area contributed by atoms with Gasteiger partial charge in [-0.3, -0.25) is 4.21 Å². The quantitative estimate of drug-likeness (QED) is 0.399. The zero-order valence-corrected chi connectivity index (χ0v) is 15.5. The first-order valence-corrected chi connectivity index (χ1v) is 5.67. The predicted octanol–water partition coefficient (Wildman–Crippen LogP) is -5.90. The predicted molar refractivity (Wildman–Crippen MR) is 53.8 cm³/mol. The molecular formula is C9H7ClNa2O5S. The summed E-state index contributed by atoms with van der Waals surface area (Å²) in [5, 5.41) is 10.2. The summed E-state index contributed by atoms with van der Waals surface area (Å²) < 4.78 is 26.2. The summed E-state index contributed by atoms with van der Waals surface area (Å²) in [7, 11) is 0. The van der Waals surface area contributed by atoms with E-state index in [1.54, 1.807) is 0 Å². The Bertz CT molecular complexity index is 429. The number of hydrogen-bond acceptors (Lipinski definition) is 5. The largest absolute Gasteiger partial charge is 1.00 e. The average molecular weight is 309 g/mol. The average Bonchev–Trinajstić information content (AvgIpc) is 2.19. The maximum atomic E-state index is 10.6. The van der Waals surface area contributed by atoms with Crippen molar-refractivity contribution in [3.63, 3.8) is 0 Å². The maximum absolute atomic E-state index is 10.6. The van der Waals surface area contributed by atoms with Crippen LogP contribution in [0.2, 0.25) is 5.02 Å². The molecule has 0 aromatic heterocycles. The minimum atomic E-state index is -2.35. The molecule has 0 N–H and O–H groups in total. The van der Waals surface area contributed by atoms with Crippen LogP contribution in [0.25, 0.3) is 0 Å². The van der Waals surface area contributed by atoms with Crippen LogP contribution in [-0.2, 0) is 15.9 Å². The monoisotopic (exact) mass is 308 g/mol. The second kappa shape index (κ2) is 10.7. The van der Waals surface area contributed by atoms with E-state index >= 15 is 0 Å². The molecule has 5 nitrogen and oxygen atoms in total. The summed E-state index contributed by atoms with van der Waals surface area (Å²) in [5.41, 5.74) is 0. The SMILES string of the molecule is O=C([O-])CCOc1ccc(S(=O)[O-])cc1Cl.[Na+].[Na+]. The molecule has 1 atom stereocenters. The number of rotatable bonds is 5. The Hall–Kier alpha value is 0.890. The van der Waals surface area contributed by atoms with Crippen LogP contribution in [0, 0.1) is 0 Å². The van der Waals surface area contributed by atoms with Crippen molar-refractivity contribution in [2.24, 2.45) is 0 Å². The van der Waals surface area contributed by atoms with Gasteiger partial charge in [0, 0.05) is 17.3 Å². The second-order valence-electron chi connectivity index (χ2n) is 2.80. The van der Waals surface area contributed by atoms with Gasteiger partial charge >= 0.3 is 59.1 Å². The maximum Gasteiger partial charge on any atom is 1.00 e. The molecule has 0 aliphatic heterocycles. The molecule has 9 heteroatoms. The van der Waals surface area contributed by atoms with Crippen molar-refractivity contribution in [1.82, 2.24) is 0 Å². The van der Waals surface area contributed by atoms with E-state index in [2.05, 4.69) is 0 Å². The molecule has 1 unspecified atom stereocenters. The Kier molecular flexibility index (Phi) is 12.5. The number of carboxylic acids is 1. The van der Waals surface area contributed by atoms with Gasteiger partial charge in [0.05, 0.1) is 11.6 Å². The van der Waals surface area contributed by atoms with Crippen LogP contribution in [0.1, 0.15) is 6.42 Å². The molecule has 0 radical (unpaired) electrons. The van der Waals surface area contributed by atoms with Gasteiger partial charge < -0.3 is 19.2 Å². The molecule has 0 saturated carbocycles. The van der Waals surface area contributed by atoms with E-state index in [0.29, 0.717) is 0 Å². The summed E-state index contributed by atoms with van der Waals surface area (Å²) in [6, 6.07) is 3.89. The first kappa shape index (κ1) is 21.2. The molecule has 0 saturated heterocycles. The van der Waals surface area contributed by atoms with Crippen molar-refractivity contribution in [2.75, 3.05) is 6.61 Å². The fraction of sp³-hybridized carbons (Fsp3) is 0.222. The van der Waals surface area contributed by atoms with Gasteiger partial charge in [-0.1, -0.05) is 11.6 Å². The van der Waals surface area contributed by atoms with E-state index in [1.165, 1.54) is 18.2 Å². The van der Waals surface area contributed by atoms with Gasteiger partial charge in [-0.25, -0.2) is 0 Å². The van der Waals surface area contributed by atoms with E-state index < -0.39 is 17.0 Å². The van der Waals surface area contributed by atoms with Gasteiger partial charge in [-0.15, -0.1) is 0 Å². The van der Waals surface area contributed by atoms with Gasteiger partial charge in [-0.2, -0.15) is 0 Å². The molecule has 0 aliphatic carbocycles. The first-order chi connectivity index (χ1) is 7.50. The normalized spacial score (nSPS) is 10.8. The molecule has 88 valence electrons. The summed E-state index contributed by atoms with van der Waals surface area (Å²) in [5.74, 6) is -0.995. The Balaban J connectivity index is 0. The van der Waals surface area contributed by atoms with Gasteiger partial charge in [0.1, 0.15) is 5.75 Å². The number of carbonyl (C=O) groups is 1. The molecule has 1 aromatic rings. The van der Waals surface area contributed by atoms with Crippen LogP contribution >= 0.6 is 11.6 Å². The number of ether oxygens (including phenoxy) is 1. The summed E-state index contributed by atoms with van der Waals surface area (Å²) in [6.45, 7) is -0.0815. The van der Waals surface area contributed by atoms with Gasteiger partial charge in [0.15, 0.2) is 0 Å². The van der Waals surface area contributed by atoms with Crippen LogP contribution < -0.4 is 69.0 Å². The number of benzene rings is 1. The zero-order chi connectivity index (χ0) is 12.1. The third-order valence-electron chi connectivity index (χ3n) is 1.66. The molecule has 0 spiro atoms. The van der Waals surface area contributed by atoms with Crippen LogP contribution in [0.15, 0.2) is 23.1 Å². The number of carbonyl (C=O) groups excluding carboxylic acids is 1. The molecule has 1 rings (SSSR count). The van der Waals surface area contributed by atoms with Crippen molar-refractivity contribution in [3.8, 4) is 5.75 Å². The topological polar surface area (TPSA) is 89.5 Å². The Morgan fingerprint density at radius 2 is 2.00 bits per heavy atom. The standard InChI is InChI=1S/C9H9ClO5S.2Na/c10-7-5-6(16(13)14)1-2-8(7)15-4-3-9(11)12;;/h1-2,5H,3-4H2,(H,11,12)(H,13,14);;/q;2*+1/p-2. The molecule has 0 amide bonds. The van der Waals surface area contributed by atoms with Crippen molar-refractivity contribution in [3.05, 3.63) is 23.2 Å². The van der Waals surface area contributed by atoms with Crippen LogP contribution in [0.5, 0.6) is 5.75 Å². The number of carboxylic acid groups (broad SMARTS) is 1. The first-order valence-electron chi connectivity index (χ1n) is 4.22. The van der Waals surface area contributed by atoms with E-state index in [-0.39, 0.29) is 87.8 Å². The number of aliphatic carboxylic acids is 1. The van der Waals surface area contributed by atoms with Gasteiger partial charge in [-0.05, 0) is 29.3 Å².